The Kier molecular flexibility index (Phi) is 6.05. The van der Waals surface area contributed by atoms with Gasteiger partial charge in [-0.05, 0) is 51.5 Å². The van der Waals surface area contributed by atoms with Crippen LogP contribution in [0.25, 0.3) is 0 Å². The molecule has 0 bridgehead atoms. The molecule has 20 heavy (non-hydrogen) atoms. The van der Waals surface area contributed by atoms with Gasteiger partial charge in [-0.15, -0.1) is 0 Å². The van der Waals surface area contributed by atoms with Gasteiger partial charge in [0, 0.05) is 30.4 Å². The van der Waals surface area contributed by atoms with E-state index in [1.807, 2.05) is 45.9 Å². The highest BCUT2D eigenvalue weighted by Crippen LogP contribution is 2.18. The van der Waals surface area contributed by atoms with E-state index in [9.17, 15) is 4.79 Å². The fourth-order valence-corrected chi connectivity index (χ4v) is 2.12. The zero-order valence-electron chi connectivity index (χ0n) is 12.7. The van der Waals surface area contributed by atoms with E-state index >= 15 is 0 Å². The molecule has 4 heteroatoms. The van der Waals surface area contributed by atoms with Crippen LogP contribution in [-0.4, -0.2) is 29.9 Å². The fourth-order valence-electron chi connectivity index (χ4n) is 2.12. The Hall–Kier alpha value is -2.02. The molecule has 0 aromatic heterocycles. The lowest BCUT2D eigenvalue weighted by molar-refractivity contribution is 0.0710. The normalized spacial score (nSPS) is 10.2. The third kappa shape index (κ3) is 3.99. The largest absolute Gasteiger partial charge is 0.385 e. The van der Waals surface area contributed by atoms with Crippen LogP contribution in [0.3, 0.4) is 0 Å². The van der Waals surface area contributed by atoms with Gasteiger partial charge >= 0.3 is 0 Å². The third-order valence-corrected chi connectivity index (χ3v) is 3.19. The van der Waals surface area contributed by atoms with Gasteiger partial charge in [0.1, 0.15) is 0 Å². The van der Waals surface area contributed by atoms with Crippen molar-refractivity contribution in [2.24, 2.45) is 0 Å². The number of aryl methyl sites for hydroxylation is 1. The summed E-state index contributed by atoms with van der Waals surface area (Å²) in [6, 6.07) is 7.87. The minimum atomic E-state index is -0.0126. The van der Waals surface area contributed by atoms with Gasteiger partial charge in [-0.2, -0.15) is 5.26 Å². The van der Waals surface area contributed by atoms with Gasteiger partial charge in [-0.25, -0.2) is 0 Å². The van der Waals surface area contributed by atoms with Crippen LogP contribution >= 0.6 is 0 Å². The van der Waals surface area contributed by atoms with Crippen molar-refractivity contribution >= 4 is 11.6 Å². The minimum absolute atomic E-state index is 0.0126. The number of anilines is 1. The molecule has 1 N–H and O–H groups in total. The summed E-state index contributed by atoms with van der Waals surface area (Å²) in [4.78, 5) is 14.3. The Labute approximate surface area is 121 Å². The first-order valence-corrected chi connectivity index (χ1v) is 7.03. The van der Waals surface area contributed by atoms with Gasteiger partial charge in [-0.3, -0.25) is 4.79 Å². The summed E-state index contributed by atoms with van der Waals surface area (Å²) >= 11 is 0. The third-order valence-electron chi connectivity index (χ3n) is 3.19. The van der Waals surface area contributed by atoms with Gasteiger partial charge in [0.05, 0.1) is 12.5 Å². The first-order chi connectivity index (χ1) is 9.51. The standard InChI is InChI=1S/C16H23N3O/c1-5-18-15-8-7-14(11-13(15)4)16(20)19(12(2)3)10-6-9-17/h7-8,11-12,18H,5-6,10H2,1-4H3. The quantitative estimate of drug-likeness (QED) is 0.866. The zero-order chi connectivity index (χ0) is 15.1. The molecular weight excluding hydrogens is 250 g/mol. The van der Waals surface area contributed by atoms with Crippen molar-refractivity contribution < 1.29 is 4.79 Å². The average Bonchev–Trinajstić information content (AvgIpc) is 2.41. The van der Waals surface area contributed by atoms with E-state index in [4.69, 9.17) is 5.26 Å². The predicted molar refractivity (Wildman–Crippen MR) is 81.7 cm³/mol. The van der Waals surface area contributed by atoms with E-state index in [2.05, 4.69) is 11.4 Å². The highest BCUT2D eigenvalue weighted by atomic mass is 16.2. The zero-order valence-corrected chi connectivity index (χ0v) is 12.7. The lowest BCUT2D eigenvalue weighted by Gasteiger charge is -2.26. The van der Waals surface area contributed by atoms with Crippen LogP contribution in [0.15, 0.2) is 18.2 Å². The Balaban J connectivity index is 2.95. The monoisotopic (exact) mass is 273 g/mol. The Morgan fingerprint density at radius 3 is 2.65 bits per heavy atom. The van der Waals surface area contributed by atoms with Crippen LogP contribution in [0.4, 0.5) is 5.69 Å². The number of amides is 1. The molecule has 1 aromatic carbocycles. The lowest BCUT2D eigenvalue weighted by atomic mass is 10.1. The molecule has 0 spiro atoms. The van der Waals surface area contributed by atoms with Crippen molar-refractivity contribution in [3.05, 3.63) is 29.3 Å². The Morgan fingerprint density at radius 1 is 1.45 bits per heavy atom. The molecular formula is C16H23N3O. The molecule has 0 saturated heterocycles. The van der Waals surface area contributed by atoms with Gasteiger partial charge in [0.2, 0.25) is 0 Å². The molecule has 0 aliphatic rings. The molecule has 108 valence electrons. The topological polar surface area (TPSA) is 56.1 Å². The predicted octanol–water partition coefficient (Wildman–Crippen LogP) is 3.19. The SMILES string of the molecule is CCNc1ccc(C(=O)N(CCC#N)C(C)C)cc1C. The van der Waals surface area contributed by atoms with Crippen molar-refractivity contribution in [2.75, 3.05) is 18.4 Å². The molecule has 0 heterocycles. The molecule has 4 nitrogen and oxygen atoms in total. The van der Waals surface area contributed by atoms with E-state index in [0.717, 1.165) is 17.8 Å². The number of carbonyl (C=O) groups excluding carboxylic acids is 1. The summed E-state index contributed by atoms with van der Waals surface area (Å²) in [6.45, 7) is 9.30. The summed E-state index contributed by atoms with van der Waals surface area (Å²) in [5.74, 6) is -0.0126. The van der Waals surface area contributed by atoms with Gasteiger partial charge in [-0.1, -0.05) is 0 Å². The molecule has 0 saturated carbocycles. The van der Waals surface area contributed by atoms with Crippen molar-refractivity contribution in [1.82, 2.24) is 4.90 Å². The molecule has 1 rings (SSSR count). The molecule has 0 aliphatic heterocycles. The number of hydrogen-bond donors (Lipinski definition) is 1. The minimum Gasteiger partial charge on any atom is -0.385 e. The second-order valence-electron chi connectivity index (χ2n) is 5.06. The van der Waals surface area contributed by atoms with Gasteiger partial charge in [0.15, 0.2) is 0 Å². The lowest BCUT2D eigenvalue weighted by Crippen LogP contribution is -2.37. The van der Waals surface area contributed by atoms with E-state index < -0.39 is 0 Å². The Bertz CT molecular complexity index is 503. The number of benzene rings is 1. The molecule has 0 unspecified atom stereocenters. The van der Waals surface area contributed by atoms with Gasteiger partial charge in [0.25, 0.3) is 5.91 Å². The maximum Gasteiger partial charge on any atom is 0.254 e. The summed E-state index contributed by atoms with van der Waals surface area (Å²) in [6.07, 6.45) is 0.359. The van der Waals surface area contributed by atoms with Crippen LogP contribution in [0.2, 0.25) is 0 Å². The second kappa shape index (κ2) is 7.54. The van der Waals surface area contributed by atoms with Crippen LogP contribution in [0.5, 0.6) is 0 Å². The Morgan fingerprint density at radius 2 is 2.15 bits per heavy atom. The summed E-state index contributed by atoms with van der Waals surface area (Å²) < 4.78 is 0. The fraction of sp³-hybridized carbons (Fsp3) is 0.500. The van der Waals surface area contributed by atoms with Crippen molar-refractivity contribution in [3.63, 3.8) is 0 Å². The molecule has 0 fully saturated rings. The number of carbonyl (C=O) groups is 1. The summed E-state index contributed by atoms with van der Waals surface area (Å²) in [5, 5.41) is 12.0. The van der Waals surface area contributed by atoms with Crippen molar-refractivity contribution in [2.45, 2.75) is 40.2 Å². The number of nitrogens with one attached hydrogen (secondary N) is 1. The van der Waals surface area contributed by atoms with Gasteiger partial charge < -0.3 is 10.2 Å². The first kappa shape index (κ1) is 16.0. The number of nitrogens with zero attached hydrogens (tertiary/aromatic N) is 2. The highest BCUT2D eigenvalue weighted by molar-refractivity contribution is 5.95. The summed E-state index contributed by atoms with van der Waals surface area (Å²) in [5.41, 5.74) is 2.79. The van der Waals surface area contributed by atoms with Crippen LogP contribution < -0.4 is 5.32 Å². The van der Waals surface area contributed by atoms with Crippen LogP contribution in [0, 0.1) is 18.3 Å². The number of rotatable bonds is 6. The smallest absolute Gasteiger partial charge is 0.254 e. The molecule has 0 radical (unpaired) electrons. The average molecular weight is 273 g/mol. The highest BCUT2D eigenvalue weighted by Gasteiger charge is 2.18. The van der Waals surface area contributed by atoms with Crippen LogP contribution in [-0.2, 0) is 0 Å². The molecule has 0 aliphatic carbocycles. The van der Waals surface area contributed by atoms with E-state index in [0.29, 0.717) is 18.5 Å². The first-order valence-electron chi connectivity index (χ1n) is 7.03. The number of nitriles is 1. The molecule has 1 aromatic rings. The van der Waals surface area contributed by atoms with Crippen LogP contribution in [0.1, 0.15) is 43.1 Å². The maximum absolute atomic E-state index is 12.5. The summed E-state index contributed by atoms with van der Waals surface area (Å²) in [7, 11) is 0. The van der Waals surface area contributed by atoms with E-state index in [1.54, 1.807) is 4.90 Å². The van der Waals surface area contributed by atoms with Crippen molar-refractivity contribution in [3.8, 4) is 6.07 Å². The number of hydrogen-bond acceptors (Lipinski definition) is 3. The molecule has 0 atom stereocenters. The van der Waals surface area contributed by atoms with E-state index in [1.165, 1.54) is 0 Å². The van der Waals surface area contributed by atoms with Crippen molar-refractivity contribution in [1.29, 1.82) is 5.26 Å². The maximum atomic E-state index is 12.5. The van der Waals surface area contributed by atoms with E-state index in [-0.39, 0.29) is 11.9 Å². The molecule has 1 amide bonds. The second-order valence-corrected chi connectivity index (χ2v) is 5.06.